The highest BCUT2D eigenvalue weighted by molar-refractivity contribution is 7.90. The Hall–Kier alpha value is -6.62. The Morgan fingerprint density at radius 3 is 2.34 bits per heavy atom. The van der Waals surface area contributed by atoms with Gasteiger partial charge in [-0.05, 0) is 92.4 Å². The number of hydrogen-bond donors (Lipinski definition) is 2. The molecule has 2 aromatic heterocycles. The molecule has 2 N–H and O–H groups in total. The third kappa shape index (κ3) is 8.37. The first-order chi connectivity index (χ1) is 28.4. The summed E-state index contributed by atoms with van der Waals surface area (Å²) in [5.41, 5.74) is 4.47. The Balaban J connectivity index is 0.757. The topological polar surface area (TPSA) is 193 Å². The summed E-state index contributed by atoms with van der Waals surface area (Å²) in [6, 6.07) is 24.0. The van der Waals surface area contributed by atoms with Crippen molar-refractivity contribution in [1.29, 1.82) is 0 Å². The zero-order valence-corrected chi connectivity index (χ0v) is 33.1. The minimum absolute atomic E-state index is 0.0574. The predicted molar refractivity (Wildman–Crippen MR) is 217 cm³/mol. The van der Waals surface area contributed by atoms with Crippen molar-refractivity contribution in [2.45, 2.75) is 49.5 Å². The number of amides is 5. The third-order valence-electron chi connectivity index (χ3n) is 10.8. The summed E-state index contributed by atoms with van der Waals surface area (Å²) < 4.78 is 31.4. The number of imide groups is 2. The smallest absolute Gasteiger partial charge is 0.262 e. The summed E-state index contributed by atoms with van der Waals surface area (Å²) in [6.45, 7) is 3.07. The van der Waals surface area contributed by atoms with Crippen molar-refractivity contribution in [2.75, 3.05) is 49.3 Å². The van der Waals surface area contributed by atoms with E-state index in [9.17, 15) is 32.4 Å². The van der Waals surface area contributed by atoms with Gasteiger partial charge in [0.05, 0.1) is 28.3 Å². The molecule has 2 saturated heterocycles. The van der Waals surface area contributed by atoms with Crippen LogP contribution in [0.3, 0.4) is 0 Å². The molecule has 5 amide bonds. The van der Waals surface area contributed by atoms with E-state index in [0.29, 0.717) is 63.0 Å². The fraction of sp³-hybridized carbons (Fsp3) is 0.310. The number of carbonyl (C=O) groups excluding carboxylic acids is 5. The van der Waals surface area contributed by atoms with Gasteiger partial charge in [-0.25, -0.2) is 12.9 Å². The van der Waals surface area contributed by atoms with Gasteiger partial charge in [0.2, 0.25) is 23.7 Å². The number of carbonyl (C=O) groups is 5. The van der Waals surface area contributed by atoms with Gasteiger partial charge in [-0.1, -0.05) is 18.2 Å². The second kappa shape index (κ2) is 16.3. The number of unbranched alkanes of at least 4 members (excludes halogenated alkanes) is 2. The number of hydrogen-bond acceptors (Lipinski definition) is 12. The highest BCUT2D eigenvalue weighted by Crippen LogP contribution is 2.31. The second-order valence-electron chi connectivity index (χ2n) is 14.8. The number of aromatic nitrogens is 3. The number of nitrogens with zero attached hydrogens (tertiary/aromatic N) is 6. The lowest BCUT2D eigenvalue weighted by atomic mass is 10.0. The molecule has 0 radical (unpaired) electrons. The molecule has 59 heavy (non-hydrogen) atoms. The van der Waals surface area contributed by atoms with Crippen LogP contribution in [0.1, 0.15) is 59.2 Å². The predicted octanol–water partition coefficient (Wildman–Crippen LogP) is 4.23. The van der Waals surface area contributed by atoms with Crippen LogP contribution in [0.2, 0.25) is 0 Å². The summed E-state index contributed by atoms with van der Waals surface area (Å²) in [6.07, 6.45) is 3.98. The van der Waals surface area contributed by atoms with Gasteiger partial charge in [-0.2, -0.15) is 4.98 Å². The Kier molecular flexibility index (Phi) is 10.9. The quantitative estimate of drug-likeness (QED) is 0.127. The number of sulfone groups is 1. The number of pyridine rings is 1. The molecule has 5 heterocycles. The van der Waals surface area contributed by atoms with Crippen molar-refractivity contribution in [1.82, 2.24) is 29.7 Å². The number of nitrogens with one attached hydrogen (secondary N) is 2. The van der Waals surface area contributed by atoms with Gasteiger partial charge in [0, 0.05) is 62.2 Å². The molecule has 2 fully saturated rings. The molecule has 0 saturated carbocycles. The summed E-state index contributed by atoms with van der Waals surface area (Å²) in [4.78, 5) is 72.8. The summed E-state index contributed by atoms with van der Waals surface area (Å²) in [5.74, 6) is -1.23. The Bertz CT molecular complexity index is 2570. The van der Waals surface area contributed by atoms with Crippen LogP contribution >= 0.6 is 0 Å². The molecule has 0 aliphatic carbocycles. The maximum Gasteiger partial charge on any atom is 0.262 e. The van der Waals surface area contributed by atoms with E-state index in [2.05, 4.69) is 25.6 Å². The van der Waals surface area contributed by atoms with E-state index in [1.807, 2.05) is 47.4 Å². The van der Waals surface area contributed by atoms with E-state index < -0.39 is 39.5 Å². The van der Waals surface area contributed by atoms with Crippen molar-refractivity contribution in [3.05, 3.63) is 96.1 Å². The van der Waals surface area contributed by atoms with Crippen molar-refractivity contribution in [3.63, 3.8) is 0 Å². The second-order valence-corrected chi connectivity index (χ2v) is 16.8. The molecule has 0 bridgehead atoms. The fourth-order valence-electron chi connectivity index (χ4n) is 7.59. The van der Waals surface area contributed by atoms with Crippen LogP contribution in [-0.2, 0) is 24.2 Å². The zero-order chi connectivity index (χ0) is 41.3. The van der Waals surface area contributed by atoms with E-state index in [4.69, 9.17) is 4.74 Å². The first-order valence-corrected chi connectivity index (χ1v) is 21.4. The Morgan fingerprint density at radius 1 is 0.864 bits per heavy atom. The van der Waals surface area contributed by atoms with Gasteiger partial charge in [-0.15, -0.1) is 5.10 Å². The average molecular weight is 819 g/mol. The van der Waals surface area contributed by atoms with Crippen LogP contribution in [0.4, 0.5) is 17.3 Å². The van der Waals surface area contributed by atoms with Crippen LogP contribution < -0.4 is 20.3 Å². The van der Waals surface area contributed by atoms with Gasteiger partial charge in [-0.3, -0.25) is 34.2 Å². The third-order valence-corrected chi connectivity index (χ3v) is 11.9. The van der Waals surface area contributed by atoms with Crippen LogP contribution in [0.25, 0.3) is 16.9 Å². The molecule has 3 aliphatic heterocycles. The number of anilines is 3. The van der Waals surface area contributed by atoms with Crippen molar-refractivity contribution in [3.8, 4) is 17.0 Å². The number of ether oxygens (including phenoxy) is 1. The number of piperazine rings is 1. The molecular weight excluding hydrogens is 777 g/mol. The molecule has 1 unspecified atom stereocenters. The standard InChI is InChI=1S/C42H42N8O8S/c1-59(56,57)31-16-9-27(10-17-31)34-6-5-7-36-44-42(46-50(34)36)43-28-11-13-29(14-12-28)47-21-23-48(24-22-47)38(52)8-3-2-4-25-58-30-15-18-32-33(26-30)41(55)49(40(32)54)35-19-20-37(51)45-39(35)53/h5-7,9-18,26,35H,2-4,8,19-25H2,1H3,(H,43,46)(H,45,51,53). The molecule has 8 rings (SSSR count). The van der Waals surface area contributed by atoms with Crippen molar-refractivity contribution >= 4 is 62.3 Å². The summed E-state index contributed by atoms with van der Waals surface area (Å²) >= 11 is 0. The van der Waals surface area contributed by atoms with E-state index in [0.717, 1.165) is 40.4 Å². The lowest BCUT2D eigenvalue weighted by Crippen LogP contribution is -2.54. The molecule has 17 heteroatoms. The van der Waals surface area contributed by atoms with Crippen molar-refractivity contribution < 1.29 is 37.1 Å². The summed E-state index contributed by atoms with van der Waals surface area (Å²) in [5, 5.41) is 10.1. The first kappa shape index (κ1) is 39.2. The molecule has 0 spiro atoms. The van der Waals surface area contributed by atoms with Crippen LogP contribution in [0.15, 0.2) is 89.8 Å². The number of piperidine rings is 1. The van der Waals surface area contributed by atoms with Crippen molar-refractivity contribution in [2.24, 2.45) is 0 Å². The van der Waals surface area contributed by atoms with E-state index in [-0.39, 0.29) is 34.8 Å². The van der Waals surface area contributed by atoms with Crippen LogP contribution in [-0.4, -0.2) is 107 Å². The average Bonchev–Trinajstić information content (AvgIpc) is 3.75. The lowest BCUT2D eigenvalue weighted by molar-refractivity contribution is -0.136. The monoisotopic (exact) mass is 818 g/mol. The van der Waals surface area contributed by atoms with Crippen LogP contribution in [0.5, 0.6) is 5.75 Å². The molecule has 3 aliphatic rings. The minimum atomic E-state index is -3.30. The number of fused-ring (bicyclic) bond motifs is 2. The zero-order valence-electron chi connectivity index (χ0n) is 32.3. The first-order valence-electron chi connectivity index (χ1n) is 19.5. The largest absolute Gasteiger partial charge is 0.494 e. The normalized spacial score (nSPS) is 17.0. The lowest BCUT2D eigenvalue weighted by Gasteiger charge is -2.36. The minimum Gasteiger partial charge on any atom is -0.494 e. The Labute approximate surface area is 340 Å². The van der Waals surface area contributed by atoms with Gasteiger partial charge in [0.1, 0.15) is 11.8 Å². The van der Waals surface area contributed by atoms with Gasteiger partial charge in [0.25, 0.3) is 11.8 Å². The van der Waals surface area contributed by atoms with Gasteiger partial charge in [0.15, 0.2) is 15.5 Å². The maximum absolute atomic E-state index is 13.1. The number of benzene rings is 3. The fourth-order valence-corrected chi connectivity index (χ4v) is 8.22. The molecular formula is C42H42N8O8S. The summed E-state index contributed by atoms with van der Waals surface area (Å²) in [7, 11) is -3.30. The van der Waals surface area contributed by atoms with E-state index >= 15 is 0 Å². The van der Waals surface area contributed by atoms with Gasteiger partial charge < -0.3 is 19.9 Å². The maximum atomic E-state index is 13.1. The molecule has 16 nitrogen and oxygen atoms in total. The Morgan fingerprint density at radius 2 is 1.61 bits per heavy atom. The molecule has 1 atom stereocenters. The highest BCUT2D eigenvalue weighted by Gasteiger charge is 2.44. The van der Waals surface area contributed by atoms with Gasteiger partial charge >= 0.3 is 0 Å². The molecule has 3 aromatic carbocycles. The SMILES string of the molecule is CS(=O)(=O)c1ccc(-c2cccc3nc(Nc4ccc(N5CCN(C(=O)CCCCCOc6ccc7c(c6)C(=O)N(C6CCC(=O)NC6=O)C7=O)CC5)cc4)nn23)cc1. The highest BCUT2D eigenvalue weighted by atomic mass is 32.2. The van der Waals surface area contributed by atoms with E-state index in [1.165, 1.54) is 18.4 Å². The molecule has 304 valence electrons. The number of rotatable bonds is 13. The van der Waals surface area contributed by atoms with Crippen LogP contribution in [0, 0.1) is 0 Å². The molecule has 5 aromatic rings. The van der Waals surface area contributed by atoms with E-state index in [1.54, 1.807) is 34.8 Å².